The van der Waals surface area contributed by atoms with Crippen LogP contribution in [-0.2, 0) is 11.2 Å². The van der Waals surface area contributed by atoms with Gasteiger partial charge in [0.15, 0.2) is 0 Å². The van der Waals surface area contributed by atoms with E-state index in [1.807, 2.05) is 0 Å². The van der Waals surface area contributed by atoms with Crippen molar-refractivity contribution in [1.82, 2.24) is 4.98 Å². The Morgan fingerprint density at radius 1 is 1.53 bits per heavy atom. The minimum Gasteiger partial charge on any atom is -0.481 e. The van der Waals surface area contributed by atoms with E-state index in [2.05, 4.69) is 4.98 Å². The molecule has 4 nitrogen and oxygen atoms in total. The van der Waals surface area contributed by atoms with Gasteiger partial charge in [-0.3, -0.25) is 4.79 Å². The number of thiazole rings is 1. The van der Waals surface area contributed by atoms with Gasteiger partial charge in [0.1, 0.15) is 4.34 Å². The Bertz CT molecular complexity index is 314. The number of carboxylic acids is 1. The van der Waals surface area contributed by atoms with Crippen molar-refractivity contribution < 1.29 is 15.0 Å². The van der Waals surface area contributed by atoms with Gasteiger partial charge in [0, 0.05) is 17.7 Å². The highest BCUT2D eigenvalue weighted by atomic mass is 32.2. The normalized spacial score (nSPS) is 10.5. The van der Waals surface area contributed by atoms with Crippen LogP contribution in [0.3, 0.4) is 0 Å². The third-order valence-electron chi connectivity index (χ3n) is 1.64. The quantitative estimate of drug-likeness (QED) is 0.566. The molecule has 6 heteroatoms. The topological polar surface area (TPSA) is 70.4 Å². The minimum absolute atomic E-state index is 0.00625. The largest absolute Gasteiger partial charge is 0.481 e. The Morgan fingerprint density at radius 2 is 2.33 bits per heavy atom. The summed E-state index contributed by atoms with van der Waals surface area (Å²) in [7, 11) is 0. The summed E-state index contributed by atoms with van der Waals surface area (Å²) in [5, 5.41) is 18.9. The zero-order valence-electron chi connectivity index (χ0n) is 8.18. The number of thioether (sulfide) groups is 1. The molecule has 0 bridgehead atoms. The van der Waals surface area contributed by atoms with Crippen molar-refractivity contribution in [3.05, 3.63) is 11.1 Å². The van der Waals surface area contributed by atoms with Gasteiger partial charge in [-0.1, -0.05) is 11.8 Å². The first-order valence-electron chi connectivity index (χ1n) is 4.62. The highest BCUT2D eigenvalue weighted by Gasteiger charge is 2.06. The first kappa shape index (κ1) is 12.5. The molecule has 1 rings (SSSR count). The lowest BCUT2D eigenvalue weighted by atomic mass is 10.3. The number of hydrogen-bond acceptors (Lipinski definition) is 5. The predicted octanol–water partition coefficient (Wildman–Crippen LogP) is 1.63. The number of aliphatic carboxylic acids is 1. The summed E-state index contributed by atoms with van der Waals surface area (Å²) in [6.07, 6.45) is 1.75. The second-order valence-corrected chi connectivity index (χ2v) is 5.15. The van der Waals surface area contributed by atoms with E-state index in [0.29, 0.717) is 5.69 Å². The molecule has 1 heterocycles. The van der Waals surface area contributed by atoms with Gasteiger partial charge in [-0.2, -0.15) is 0 Å². The van der Waals surface area contributed by atoms with E-state index in [0.717, 1.165) is 22.9 Å². The molecule has 0 aromatic carbocycles. The second kappa shape index (κ2) is 6.81. The summed E-state index contributed by atoms with van der Waals surface area (Å²) in [6.45, 7) is 0.225. The van der Waals surface area contributed by atoms with Gasteiger partial charge >= 0.3 is 5.97 Å². The number of aliphatic hydroxyl groups excluding tert-OH is 1. The van der Waals surface area contributed by atoms with Crippen LogP contribution in [0.4, 0.5) is 0 Å². The molecule has 0 aliphatic carbocycles. The summed E-state index contributed by atoms with van der Waals surface area (Å²) < 4.78 is 0.907. The van der Waals surface area contributed by atoms with Crippen LogP contribution in [0.5, 0.6) is 0 Å². The smallest absolute Gasteiger partial charge is 0.309 e. The van der Waals surface area contributed by atoms with E-state index in [1.54, 1.807) is 17.1 Å². The molecular formula is C9H13NO3S2. The van der Waals surface area contributed by atoms with E-state index >= 15 is 0 Å². The Hall–Kier alpha value is -0.590. The zero-order chi connectivity index (χ0) is 11.1. The van der Waals surface area contributed by atoms with Gasteiger partial charge in [0.05, 0.1) is 12.1 Å². The molecular weight excluding hydrogens is 234 g/mol. The lowest BCUT2D eigenvalue weighted by Gasteiger charge is -1.95. The standard InChI is InChI=1S/C9H13NO3S2/c11-3-1-2-4-14-9-10-7(6-15-9)5-8(12)13/h6,11H,1-5H2,(H,12,13). The minimum atomic E-state index is -0.850. The van der Waals surface area contributed by atoms with Gasteiger partial charge in [-0.05, 0) is 12.8 Å². The number of nitrogens with zero attached hydrogens (tertiary/aromatic N) is 1. The van der Waals surface area contributed by atoms with Gasteiger partial charge in [0.2, 0.25) is 0 Å². The number of carboxylic acid groups (broad SMARTS) is 1. The molecule has 0 radical (unpaired) electrons. The molecule has 0 spiro atoms. The van der Waals surface area contributed by atoms with Gasteiger partial charge in [-0.15, -0.1) is 11.3 Å². The van der Waals surface area contributed by atoms with Crippen LogP contribution in [0.1, 0.15) is 18.5 Å². The van der Waals surface area contributed by atoms with Crippen molar-refractivity contribution in [2.24, 2.45) is 0 Å². The maximum atomic E-state index is 10.4. The summed E-state index contributed by atoms with van der Waals surface area (Å²) in [4.78, 5) is 14.6. The van der Waals surface area contributed by atoms with Gasteiger partial charge in [-0.25, -0.2) is 4.98 Å². The van der Waals surface area contributed by atoms with E-state index in [1.165, 1.54) is 11.3 Å². The van der Waals surface area contributed by atoms with E-state index < -0.39 is 5.97 Å². The lowest BCUT2D eigenvalue weighted by Crippen LogP contribution is -1.99. The first-order valence-corrected chi connectivity index (χ1v) is 6.48. The third-order valence-corrected chi connectivity index (χ3v) is 3.80. The summed E-state index contributed by atoms with van der Waals surface area (Å²) in [5.74, 6) is 0.0674. The van der Waals surface area contributed by atoms with Crippen LogP contribution < -0.4 is 0 Å². The number of unbranched alkanes of at least 4 members (excludes halogenated alkanes) is 1. The molecule has 1 aromatic rings. The Kier molecular flexibility index (Phi) is 5.67. The Labute approximate surface area is 96.4 Å². The Morgan fingerprint density at radius 3 is 3.00 bits per heavy atom. The number of carbonyl (C=O) groups is 1. The lowest BCUT2D eigenvalue weighted by molar-refractivity contribution is -0.136. The fraction of sp³-hybridized carbons (Fsp3) is 0.556. The van der Waals surface area contributed by atoms with E-state index in [9.17, 15) is 4.79 Å². The maximum absolute atomic E-state index is 10.4. The van der Waals surface area contributed by atoms with Crippen molar-refractivity contribution in [3.8, 4) is 0 Å². The van der Waals surface area contributed by atoms with Gasteiger partial charge < -0.3 is 10.2 Å². The van der Waals surface area contributed by atoms with Crippen LogP contribution in [0.25, 0.3) is 0 Å². The predicted molar refractivity (Wildman–Crippen MR) is 60.5 cm³/mol. The molecule has 84 valence electrons. The fourth-order valence-corrected chi connectivity index (χ4v) is 2.88. The number of aromatic nitrogens is 1. The highest BCUT2D eigenvalue weighted by Crippen LogP contribution is 2.23. The van der Waals surface area contributed by atoms with Crippen LogP contribution in [0, 0.1) is 0 Å². The first-order chi connectivity index (χ1) is 7.22. The van der Waals surface area contributed by atoms with Crippen molar-refractivity contribution in [1.29, 1.82) is 0 Å². The average Bonchev–Trinajstić information content (AvgIpc) is 2.59. The van der Waals surface area contributed by atoms with Crippen LogP contribution in [-0.4, -0.2) is 33.5 Å². The number of rotatable bonds is 7. The average molecular weight is 247 g/mol. The summed E-state index contributed by atoms with van der Waals surface area (Å²) in [5.41, 5.74) is 0.622. The molecule has 0 aliphatic heterocycles. The van der Waals surface area contributed by atoms with Crippen LogP contribution >= 0.6 is 23.1 Å². The van der Waals surface area contributed by atoms with Gasteiger partial charge in [0.25, 0.3) is 0 Å². The number of aliphatic hydroxyl groups is 1. The molecule has 2 N–H and O–H groups in total. The third kappa shape index (κ3) is 5.15. The van der Waals surface area contributed by atoms with Crippen LogP contribution in [0.15, 0.2) is 9.72 Å². The molecule has 0 saturated heterocycles. The molecule has 0 aliphatic rings. The summed E-state index contributed by atoms with van der Waals surface area (Å²) in [6, 6.07) is 0. The molecule has 0 fully saturated rings. The van der Waals surface area contributed by atoms with Crippen LogP contribution in [0.2, 0.25) is 0 Å². The highest BCUT2D eigenvalue weighted by molar-refractivity contribution is 8.00. The zero-order valence-corrected chi connectivity index (χ0v) is 9.81. The van der Waals surface area contributed by atoms with E-state index in [4.69, 9.17) is 10.2 Å². The molecule has 1 aromatic heterocycles. The van der Waals surface area contributed by atoms with Crippen molar-refractivity contribution >= 4 is 29.1 Å². The molecule has 0 amide bonds. The molecule has 0 saturated carbocycles. The fourth-order valence-electron chi connectivity index (χ4n) is 0.964. The summed E-state index contributed by atoms with van der Waals surface area (Å²) >= 11 is 3.09. The Balaban J connectivity index is 2.29. The van der Waals surface area contributed by atoms with Crippen molar-refractivity contribution in [2.75, 3.05) is 12.4 Å². The monoisotopic (exact) mass is 247 g/mol. The molecule has 15 heavy (non-hydrogen) atoms. The SMILES string of the molecule is O=C(O)Cc1csc(SCCCCO)n1. The number of hydrogen-bond donors (Lipinski definition) is 2. The van der Waals surface area contributed by atoms with E-state index in [-0.39, 0.29) is 13.0 Å². The molecule has 0 unspecified atom stereocenters. The van der Waals surface area contributed by atoms with Crippen molar-refractivity contribution in [3.63, 3.8) is 0 Å². The van der Waals surface area contributed by atoms with Crippen molar-refractivity contribution in [2.45, 2.75) is 23.6 Å². The maximum Gasteiger partial charge on any atom is 0.309 e. The second-order valence-electron chi connectivity index (χ2n) is 2.95. The molecule has 0 atom stereocenters.